The Labute approximate surface area is 137 Å². The molecule has 0 bridgehead atoms. The molecule has 0 aliphatic rings. The van der Waals surface area contributed by atoms with Gasteiger partial charge in [-0.1, -0.05) is 48.5 Å². The van der Waals surface area contributed by atoms with Crippen LogP contribution in [0.1, 0.15) is 0 Å². The maximum Gasteiger partial charge on any atom is 0.416 e. The predicted octanol–water partition coefficient (Wildman–Crippen LogP) is 3.74. The number of halogens is 3. The lowest BCUT2D eigenvalue weighted by atomic mass is 10.0. The fourth-order valence-corrected chi connectivity index (χ4v) is 2.12. The van der Waals surface area contributed by atoms with Gasteiger partial charge in [-0.05, 0) is 11.6 Å². The van der Waals surface area contributed by atoms with Crippen molar-refractivity contribution in [3.8, 4) is 11.1 Å². The van der Waals surface area contributed by atoms with Crippen molar-refractivity contribution in [2.75, 3.05) is 18.9 Å². The van der Waals surface area contributed by atoms with Crippen molar-refractivity contribution in [2.24, 2.45) is 0 Å². The Hall–Kier alpha value is -2.54. The Bertz CT molecular complexity index is 690. The van der Waals surface area contributed by atoms with Gasteiger partial charge in [-0.3, -0.25) is 0 Å². The van der Waals surface area contributed by atoms with E-state index in [0.29, 0.717) is 5.69 Å². The monoisotopic (exact) mass is 338 g/mol. The molecule has 2 aromatic carbocycles. The molecule has 2 amide bonds. The molecule has 0 saturated carbocycles. The van der Waals surface area contributed by atoms with Crippen molar-refractivity contribution >= 4 is 11.7 Å². The molecule has 0 aromatic heterocycles. The molecule has 0 heterocycles. The average molecular weight is 338 g/mol. The highest BCUT2D eigenvalue weighted by Crippen LogP contribution is 2.28. The number of benzene rings is 2. The molecule has 1 atom stereocenters. The van der Waals surface area contributed by atoms with Gasteiger partial charge >= 0.3 is 12.2 Å². The zero-order valence-corrected chi connectivity index (χ0v) is 12.9. The van der Waals surface area contributed by atoms with Crippen LogP contribution in [0, 0.1) is 0 Å². The Morgan fingerprint density at radius 2 is 1.71 bits per heavy atom. The van der Waals surface area contributed by atoms with Crippen molar-refractivity contribution in [3.05, 3.63) is 54.6 Å². The first-order chi connectivity index (χ1) is 11.3. The van der Waals surface area contributed by atoms with Crippen molar-refractivity contribution in [2.45, 2.75) is 12.3 Å². The highest BCUT2D eigenvalue weighted by atomic mass is 19.4. The third kappa shape index (κ3) is 4.48. The van der Waals surface area contributed by atoms with Gasteiger partial charge in [0.15, 0.2) is 6.10 Å². The first kappa shape index (κ1) is 17.8. The third-order valence-corrected chi connectivity index (χ3v) is 3.42. The average Bonchev–Trinajstić information content (AvgIpc) is 2.55. The summed E-state index contributed by atoms with van der Waals surface area (Å²) in [6.45, 7) is -0.844. The number of aliphatic hydroxyl groups is 1. The van der Waals surface area contributed by atoms with E-state index >= 15 is 0 Å². The summed E-state index contributed by atoms with van der Waals surface area (Å²) in [6, 6.07) is 15.5. The van der Waals surface area contributed by atoms with E-state index in [9.17, 15) is 18.0 Å². The highest BCUT2D eigenvalue weighted by Gasteiger charge is 2.39. The molecular weight excluding hydrogens is 321 g/mol. The molecule has 1 unspecified atom stereocenters. The number of carbonyl (C=O) groups is 1. The smallest absolute Gasteiger partial charge is 0.382 e. The van der Waals surface area contributed by atoms with E-state index < -0.39 is 24.9 Å². The summed E-state index contributed by atoms with van der Waals surface area (Å²) < 4.78 is 37.1. The van der Waals surface area contributed by atoms with Crippen LogP contribution in [0.25, 0.3) is 11.1 Å². The molecule has 24 heavy (non-hydrogen) atoms. The fourth-order valence-electron chi connectivity index (χ4n) is 2.12. The quantitative estimate of drug-likeness (QED) is 0.892. The first-order valence-electron chi connectivity index (χ1n) is 7.20. The minimum Gasteiger partial charge on any atom is -0.382 e. The number of likely N-dealkylation sites (N-methyl/N-ethyl adjacent to an activating group) is 1. The fraction of sp³-hybridized carbons (Fsp3) is 0.235. The number of alkyl halides is 3. The van der Waals surface area contributed by atoms with E-state index in [4.69, 9.17) is 5.11 Å². The minimum absolute atomic E-state index is 0.474. The maximum atomic E-state index is 12.4. The van der Waals surface area contributed by atoms with Gasteiger partial charge in [-0.25, -0.2) is 4.79 Å². The number of nitrogens with zero attached hydrogens (tertiary/aromatic N) is 1. The summed E-state index contributed by atoms with van der Waals surface area (Å²) in [4.78, 5) is 12.9. The molecule has 0 aliphatic carbocycles. The molecule has 2 rings (SSSR count). The number of urea groups is 1. The van der Waals surface area contributed by atoms with Gasteiger partial charge in [0.1, 0.15) is 0 Å². The van der Waals surface area contributed by atoms with Gasteiger partial charge in [0.25, 0.3) is 0 Å². The van der Waals surface area contributed by atoms with E-state index in [2.05, 4.69) is 5.32 Å². The second kappa shape index (κ2) is 7.35. The van der Waals surface area contributed by atoms with Crippen molar-refractivity contribution < 1.29 is 23.1 Å². The molecule has 0 spiro atoms. The van der Waals surface area contributed by atoms with E-state index in [1.54, 1.807) is 24.3 Å². The molecule has 0 saturated heterocycles. The van der Waals surface area contributed by atoms with Crippen LogP contribution in [0.5, 0.6) is 0 Å². The van der Waals surface area contributed by atoms with E-state index in [1.807, 2.05) is 30.3 Å². The number of para-hydroxylation sites is 1. The zero-order valence-electron chi connectivity index (χ0n) is 12.9. The molecule has 0 fully saturated rings. The molecule has 0 aliphatic heterocycles. The van der Waals surface area contributed by atoms with Gasteiger partial charge in [-0.15, -0.1) is 0 Å². The Balaban J connectivity index is 2.13. The summed E-state index contributed by atoms with van der Waals surface area (Å²) in [6.07, 6.45) is -7.35. The normalized spacial score (nSPS) is 12.5. The van der Waals surface area contributed by atoms with Crippen molar-refractivity contribution in [3.63, 3.8) is 0 Å². The summed E-state index contributed by atoms with van der Waals surface area (Å²) in [7, 11) is 1.19. The SMILES string of the molecule is CN(CC(O)C(F)(F)F)C(=O)Nc1ccccc1-c1ccccc1. The molecule has 128 valence electrons. The summed E-state index contributed by atoms with van der Waals surface area (Å²) in [5, 5.41) is 11.6. The highest BCUT2D eigenvalue weighted by molar-refractivity contribution is 5.94. The third-order valence-electron chi connectivity index (χ3n) is 3.42. The minimum atomic E-state index is -4.77. The Morgan fingerprint density at radius 1 is 1.12 bits per heavy atom. The van der Waals surface area contributed by atoms with Gasteiger partial charge < -0.3 is 15.3 Å². The molecular formula is C17H17F3N2O2. The second-order valence-corrected chi connectivity index (χ2v) is 5.28. The van der Waals surface area contributed by atoms with Gasteiger partial charge in [0, 0.05) is 12.6 Å². The molecule has 4 nitrogen and oxygen atoms in total. The van der Waals surface area contributed by atoms with Gasteiger partial charge in [-0.2, -0.15) is 13.2 Å². The van der Waals surface area contributed by atoms with Crippen LogP contribution in [0.4, 0.5) is 23.7 Å². The van der Waals surface area contributed by atoms with Crippen LogP contribution >= 0.6 is 0 Å². The molecule has 0 radical (unpaired) electrons. The topological polar surface area (TPSA) is 52.6 Å². The van der Waals surface area contributed by atoms with Gasteiger partial charge in [0.05, 0.1) is 12.2 Å². The van der Waals surface area contributed by atoms with Crippen LogP contribution < -0.4 is 5.32 Å². The van der Waals surface area contributed by atoms with Gasteiger partial charge in [0.2, 0.25) is 0 Å². The Kier molecular flexibility index (Phi) is 5.46. The predicted molar refractivity (Wildman–Crippen MR) is 85.6 cm³/mol. The number of amides is 2. The largest absolute Gasteiger partial charge is 0.416 e. The van der Waals surface area contributed by atoms with Crippen LogP contribution in [0.3, 0.4) is 0 Å². The molecule has 7 heteroatoms. The second-order valence-electron chi connectivity index (χ2n) is 5.28. The van der Waals surface area contributed by atoms with E-state index in [1.165, 1.54) is 7.05 Å². The van der Waals surface area contributed by atoms with E-state index in [-0.39, 0.29) is 0 Å². The van der Waals surface area contributed by atoms with E-state index in [0.717, 1.165) is 16.0 Å². The summed E-state index contributed by atoms with van der Waals surface area (Å²) >= 11 is 0. The van der Waals surface area contributed by atoms with Crippen molar-refractivity contribution in [1.29, 1.82) is 0 Å². The van der Waals surface area contributed by atoms with Crippen LogP contribution in [0.2, 0.25) is 0 Å². The lowest BCUT2D eigenvalue weighted by Crippen LogP contribution is -2.43. The van der Waals surface area contributed by atoms with Crippen LogP contribution in [-0.2, 0) is 0 Å². The number of aliphatic hydroxyl groups excluding tert-OH is 1. The number of carbonyl (C=O) groups excluding carboxylic acids is 1. The van der Waals surface area contributed by atoms with Crippen LogP contribution in [-0.4, -0.2) is 41.9 Å². The molecule has 2 N–H and O–H groups in total. The standard InChI is InChI=1S/C17H17F3N2O2/c1-22(11-15(23)17(18,19)20)16(24)21-14-10-6-5-9-13(14)12-7-3-2-4-8-12/h2-10,15,23H,11H2,1H3,(H,21,24). The molecule has 2 aromatic rings. The Morgan fingerprint density at radius 3 is 2.33 bits per heavy atom. The lowest BCUT2D eigenvalue weighted by molar-refractivity contribution is -0.205. The van der Waals surface area contributed by atoms with Crippen molar-refractivity contribution in [1.82, 2.24) is 4.90 Å². The number of hydrogen-bond donors (Lipinski definition) is 2. The van der Waals surface area contributed by atoms with Crippen LogP contribution in [0.15, 0.2) is 54.6 Å². The number of anilines is 1. The first-order valence-corrected chi connectivity index (χ1v) is 7.20. The lowest BCUT2D eigenvalue weighted by Gasteiger charge is -2.23. The number of nitrogens with one attached hydrogen (secondary N) is 1. The summed E-state index contributed by atoms with van der Waals surface area (Å²) in [5.74, 6) is 0. The number of hydrogen-bond acceptors (Lipinski definition) is 2. The maximum absolute atomic E-state index is 12.4. The summed E-state index contributed by atoms with van der Waals surface area (Å²) in [5.41, 5.74) is 2.09. The number of rotatable bonds is 4. The zero-order chi connectivity index (χ0) is 17.7.